The van der Waals surface area contributed by atoms with Crippen LogP contribution in [0.4, 0.5) is 24.7 Å². The monoisotopic (exact) mass is 398 g/mol. The van der Waals surface area contributed by atoms with Gasteiger partial charge in [-0.05, 0) is 37.4 Å². The molecule has 0 saturated carbocycles. The number of anilines is 2. The molecule has 1 saturated heterocycles. The number of carbonyl (C=O) groups is 1. The molecule has 1 amide bonds. The maximum absolute atomic E-state index is 12.8. The molecule has 1 aromatic carbocycles. The zero-order valence-corrected chi connectivity index (χ0v) is 15.3. The third-order valence-electron chi connectivity index (χ3n) is 4.38. The van der Waals surface area contributed by atoms with E-state index in [1.807, 2.05) is 0 Å². The first-order chi connectivity index (χ1) is 12.7. The van der Waals surface area contributed by atoms with Crippen LogP contribution in [-0.2, 0) is 6.18 Å². The summed E-state index contributed by atoms with van der Waals surface area (Å²) in [5, 5.41) is 2.44. The van der Waals surface area contributed by atoms with Crippen LogP contribution in [-0.4, -0.2) is 49.0 Å². The minimum Gasteiger partial charge on any atom is -0.354 e. The van der Waals surface area contributed by atoms with Gasteiger partial charge in [0.15, 0.2) is 0 Å². The standard InChI is InChI=1S/C18H18ClF3N4O/c1-25-6-8-26(9-7-25)16-5-2-12(11-23-16)17(27)24-15-10-13(18(20,21)22)3-4-14(15)19/h2-5,10-11H,6-9H2,1H3,(H,24,27). The molecular weight excluding hydrogens is 381 g/mol. The number of hydrogen-bond donors (Lipinski definition) is 1. The number of rotatable bonds is 3. The number of benzene rings is 1. The smallest absolute Gasteiger partial charge is 0.354 e. The number of alkyl halides is 3. The van der Waals surface area contributed by atoms with Crippen molar-refractivity contribution < 1.29 is 18.0 Å². The topological polar surface area (TPSA) is 48.5 Å². The zero-order valence-electron chi connectivity index (χ0n) is 14.6. The number of nitrogens with one attached hydrogen (secondary N) is 1. The van der Waals surface area contributed by atoms with Gasteiger partial charge in [0.25, 0.3) is 5.91 Å². The van der Waals surface area contributed by atoms with E-state index < -0.39 is 17.6 Å². The Morgan fingerprint density at radius 3 is 2.44 bits per heavy atom. The highest BCUT2D eigenvalue weighted by molar-refractivity contribution is 6.34. The van der Waals surface area contributed by atoms with Gasteiger partial charge in [-0.2, -0.15) is 13.2 Å². The molecule has 1 aliphatic rings. The van der Waals surface area contributed by atoms with Gasteiger partial charge in [0, 0.05) is 32.4 Å². The minimum absolute atomic E-state index is 0.0263. The first kappa shape index (κ1) is 19.4. The largest absolute Gasteiger partial charge is 0.416 e. The molecular formula is C18H18ClF3N4O. The summed E-state index contributed by atoms with van der Waals surface area (Å²) in [6.07, 6.45) is -3.11. The Morgan fingerprint density at radius 2 is 1.85 bits per heavy atom. The molecule has 0 bridgehead atoms. The van der Waals surface area contributed by atoms with Crippen molar-refractivity contribution in [1.29, 1.82) is 0 Å². The molecule has 9 heteroatoms. The highest BCUT2D eigenvalue weighted by Crippen LogP contribution is 2.34. The number of halogens is 4. The van der Waals surface area contributed by atoms with Crippen LogP contribution in [0.2, 0.25) is 5.02 Å². The Morgan fingerprint density at radius 1 is 1.15 bits per heavy atom. The lowest BCUT2D eigenvalue weighted by Gasteiger charge is -2.33. The van der Waals surface area contributed by atoms with E-state index in [2.05, 4.69) is 27.1 Å². The number of aromatic nitrogens is 1. The number of likely N-dealkylation sites (N-methyl/N-ethyl adjacent to an activating group) is 1. The molecule has 2 heterocycles. The lowest BCUT2D eigenvalue weighted by Crippen LogP contribution is -2.44. The van der Waals surface area contributed by atoms with Gasteiger partial charge in [-0.25, -0.2) is 4.98 Å². The van der Waals surface area contributed by atoms with Crippen molar-refractivity contribution in [2.24, 2.45) is 0 Å². The van der Waals surface area contributed by atoms with Gasteiger partial charge in [0.05, 0.1) is 21.8 Å². The molecule has 0 unspecified atom stereocenters. The fourth-order valence-corrected chi connectivity index (χ4v) is 2.90. The molecule has 144 valence electrons. The molecule has 1 aliphatic heterocycles. The predicted octanol–water partition coefficient (Wildman–Crippen LogP) is 3.76. The van der Waals surface area contributed by atoms with Crippen molar-refractivity contribution in [1.82, 2.24) is 9.88 Å². The van der Waals surface area contributed by atoms with Gasteiger partial charge in [-0.3, -0.25) is 4.79 Å². The Kier molecular flexibility index (Phi) is 5.57. The van der Waals surface area contributed by atoms with Crippen LogP contribution >= 0.6 is 11.6 Å². The summed E-state index contributed by atoms with van der Waals surface area (Å²) in [6.45, 7) is 3.54. The van der Waals surface area contributed by atoms with Gasteiger partial charge in [0.2, 0.25) is 0 Å². The molecule has 0 aliphatic carbocycles. The van der Waals surface area contributed by atoms with Gasteiger partial charge in [-0.15, -0.1) is 0 Å². The van der Waals surface area contributed by atoms with Crippen LogP contribution in [0, 0.1) is 0 Å². The van der Waals surface area contributed by atoms with E-state index in [4.69, 9.17) is 11.6 Å². The van der Waals surface area contributed by atoms with E-state index in [1.54, 1.807) is 12.1 Å². The molecule has 0 radical (unpaired) electrons. The summed E-state index contributed by atoms with van der Waals surface area (Å²) in [7, 11) is 2.05. The number of nitrogens with zero attached hydrogens (tertiary/aromatic N) is 3. The molecule has 1 fully saturated rings. The second kappa shape index (κ2) is 7.74. The summed E-state index contributed by atoms with van der Waals surface area (Å²) in [4.78, 5) is 21.0. The van der Waals surface area contributed by atoms with E-state index in [0.717, 1.165) is 50.2 Å². The molecule has 2 aromatic rings. The summed E-state index contributed by atoms with van der Waals surface area (Å²) in [5.74, 6) is 0.186. The summed E-state index contributed by atoms with van der Waals surface area (Å²) in [6, 6.07) is 6.11. The van der Waals surface area contributed by atoms with E-state index in [1.165, 1.54) is 6.20 Å². The number of amides is 1. The average molecular weight is 399 g/mol. The van der Waals surface area contributed by atoms with Crippen molar-refractivity contribution in [2.45, 2.75) is 6.18 Å². The lowest BCUT2D eigenvalue weighted by molar-refractivity contribution is -0.137. The van der Waals surface area contributed by atoms with Crippen molar-refractivity contribution in [3.8, 4) is 0 Å². The van der Waals surface area contributed by atoms with E-state index in [0.29, 0.717) is 0 Å². The van der Waals surface area contributed by atoms with Crippen molar-refractivity contribution >= 4 is 29.0 Å². The second-order valence-corrected chi connectivity index (χ2v) is 6.75. The molecule has 0 spiro atoms. The lowest BCUT2D eigenvalue weighted by atomic mass is 10.2. The molecule has 3 rings (SSSR count). The Bertz CT molecular complexity index is 818. The Labute approximate surface area is 159 Å². The van der Waals surface area contributed by atoms with E-state index in [-0.39, 0.29) is 16.3 Å². The summed E-state index contributed by atoms with van der Waals surface area (Å²) in [5.41, 5.74) is -0.744. The maximum atomic E-state index is 12.8. The first-order valence-electron chi connectivity index (χ1n) is 8.31. The third-order valence-corrected chi connectivity index (χ3v) is 4.71. The predicted molar refractivity (Wildman–Crippen MR) is 98.4 cm³/mol. The van der Waals surface area contributed by atoms with E-state index in [9.17, 15) is 18.0 Å². The van der Waals surface area contributed by atoms with Crippen molar-refractivity contribution in [2.75, 3.05) is 43.4 Å². The quantitative estimate of drug-likeness (QED) is 0.855. The van der Waals surface area contributed by atoms with Gasteiger partial charge in [0.1, 0.15) is 5.82 Å². The van der Waals surface area contributed by atoms with Crippen LogP contribution in [0.1, 0.15) is 15.9 Å². The van der Waals surface area contributed by atoms with Crippen LogP contribution in [0.3, 0.4) is 0 Å². The highest BCUT2D eigenvalue weighted by Gasteiger charge is 2.31. The molecule has 27 heavy (non-hydrogen) atoms. The average Bonchev–Trinajstić information content (AvgIpc) is 2.63. The Hall–Kier alpha value is -2.32. The fraction of sp³-hybridized carbons (Fsp3) is 0.333. The van der Waals surface area contributed by atoms with Crippen molar-refractivity contribution in [3.05, 3.63) is 52.7 Å². The molecule has 0 atom stereocenters. The second-order valence-electron chi connectivity index (χ2n) is 6.34. The highest BCUT2D eigenvalue weighted by atomic mass is 35.5. The van der Waals surface area contributed by atoms with Crippen molar-refractivity contribution in [3.63, 3.8) is 0 Å². The SMILES string of the molecule is CN1CCN(c2ccc(C(=O)Nc3cc(C(F)(F)F)ccc3Cl)cn2)CC1. The van der Waals surface area contributed by atoms with Crippen LogP contribution in [0.15, 0.2) is 36.5 Å². The summed E-state index contributed by atoms with van der Waals surface area (Å²) < 4.78 is 38.5. The van der Waals surface area contributed by atoms with Gasteiger partial charge < -0.3 is 15.1 Å². The van der Waals surface area contributed by atoms with Gasteiger partial charge in [-0.1, -0.05) is 11.6 Å². The fourth-order valence-electron chi connectivity index (χ4n) is 2.73. The first-order valence-corrected chi connectivity index (χ1v) is 8.69. The number of pyridine rings is 1. The van der Waals surface area contributed by atoms with Crippen LogP contribution in [0.5, 0.6) is 0 Å². The Balaban J connectivity index is 1.71. The molecule has 1 N–H and O–H groups in total. The summed E-state index contributed by atoms with van der Waals surface area (Å²) >= 11 is 5.91. The third kappa shape index (κ3) is 4.70. The minimum atomic E-state index is -4.52. The molecule has 1 aromatic heterocycles. The number of piperazine rings is 1. The number of hydrogen-bond acceptors (Lipinski definition) is 4. The van der Waals surface area contributed by atoms with Crippen LogP contribution < -0.4 is 10.2 Å². The van der Waals surface area contributed by atoms with E-state index >= 15 is 0 Å². The zero-order chi connectivity index (χ0) is 19.6. The van der Waals surface area contributed by atoms with Gasteiger partial charge >= 0.3 is 6.18 Å². The normalized spacial score (nSPS) is 15.7. The van der Waals surface area contributed by atoms with Crippen LogP contribution in [0.25, 0.3) is 0 Å². The number of carbonyl (C=O) groups excluding carboxylic acids is 1. The molecule has 5 nitrogen and oxygen atoms in total. The maximum Gasteiger partial charge on any atom is 0.416 e.